The largest absolute Gasteiger partial charge is 0.469 e. The van der Waals surface area contributed by atoms with Crippen LogP contribution < -0.4 is 0 Å². The number of carbonyl (C=O) groups excluding carboxylic acids is 5. The molecule has 4 aliphatic rings. The summed E-state index contributed by atoms with van der Waals surface area (Å²) in [5, 5.41) is 36.5. The molecule has 0 amide bonds. The van der Waals surface area contributed by atoms with Gasteiger partial charge in [0.05, 0.1) is 35.7 Å². The van der Waals surface area contributed by atoms with Crippen LogP contribution >= 0.6 is 0 Å². The number of rotatable bonds is 8. The molecule has 2 saturated carbocycles. The number of Topliss-reactive ketones (excluding diaryl/α,β-unsaturated/α-hetero) is 1. The number of ketones is 1. The van der Waals surface area contributed by atoms with E-state index in [4.69, 9.17) is 35.0 Å². The molecule has 14 nitrogen and oxygen atoms in total. The molecule has 2 bridgehead atoms. The van der Waals surface area contributed by atoms with Gasteiger partial charge in [-0.3, -0.25) is 14.4 Å². The number of fused-ring (bicyclic) bond motifs is 5. The smallest absolute Gasteiger partial charge is 0.338 e. The zero-order valence-corrected chi connectivity index (χ0v) is 30.3. The summed E-state index contributed by atoms with van der Waals surface area (Å²) in [5.41, 5.74) is -7.44. The summed E-state index contributed by atoms with van der Waals surface area (Å²) >= 11 is 0. The highest BCUT2D eigenvalue weighted by molar-refractivity contribution is 5.94. The Hall–Kier alpha value is -4.37. The Morgan fingerprint density at radius 2 is 1.66 bits per heavy atom. The molecule has 14 heteroatoms. The maximum atomic E-state index is 15.1. The van der Waals surface area contributed by atoms with Crippen molar-refractivity contribution in [3.63, 3.8) is 0 Å². The minimum absolute atomic E-state index is 0.0468. The Morgan fingerprint density at radius 1 is 0.981 bits per heavy atom. The third-order valence-corrected chi connectivity index (χ3v) is 11.9. The zero-order chi connectivity index (χ0) is 38.8. The van der Waals surface area contributed by atoms with Crippen molar-refractivity contribution in [2.45, 2.75) is 108 Å². The van der Waals surface area contributed by atoms with Gasteiger partial charge in [0.1, 0.15) is 41.9 Å². The third kappa shape index (κ3) is 5.90. The monoisotopic (exact) mass is 736 g/mol. The van der Waals surface area contributed by atoms with Crippen LogP contribution in [0.15, 0.2) is 64.3 Å². The standard InChI is InChI=1S/C39H44O14/c1-19-25(51-35(46)29(42)20(2)24-14-11-15-48-24)17-39(47)33(52-34(45)23-12-9-8-10-13-23)31-37(7,32(44)30(43)28(19)36(39,5)6)26(50-21(3)40)16-27-38(31,18-49-27)53-22(4)41/h2,8-15,20,25-27,29-31,33,42-43,47H,16-18H2,1,3-7H3/t20-,25-,26-,27+,29+,30+,31-,33-,37+,38-,39+/m0/s1. The van der Waals surface area contributed by atoms with E-state index >= 15 is 4.79 Å². The van der Waals surface area contributed by atoms with Crippen LogP contribution in [-0.2, 0) is 42.9 Å². The second-order valence-corrected chi connectivity index (χ2v) is 15.2. The quantitative estimate of drug-likeness (QED) is 0.203. The van der Waals surface area contributed by atoms with Crippen molar-refractivity contribution < 1.29 is 67.4 Å². The van der Waals surface area contributed by atoms with E-state index in [1.807, 2.05) is 0 Å². The lowest BCUT2D eigenvalue weighted by atomic mass is 9.44. The van der Waals surface area contributed by atoms with Crippen molar-refractivity contribution >= 4 is 29.7 Å². The summed E-state index contributed by atoms with van der Waals surface area (Å²) in [7, 11) is 0. The lowest BCUT2D eigenvalue weighted by Crippen LogP contribution is -2.82. The maximum absolute atomic E-state index is 15.1. The van der Waals surface area contributed by atoms with E-state index in [0.29, 0.717) is 0 Å². The summed E-state index contributed by atoms with van der Waals surface area (Å²) < 4.78 is 35.1. The summed E-state index contributed by atoms with van der Waals surface area (Å²) in [6.07, 6.45) is -8.74. The molecular formula is C39H44O14. The highest BCUT2D eigenvalue weighted by Gasteiger charge is 2.78. The minimum Gasteiger partial charge on any atom is -0.469 e. The van der Waals surface area contributed by atoms with E-state index in [-0.39, 0.29) is 35.5 Å². The predicted molar refractivity (Wildman–Crippen MR) is 180 cm³/mol. The van der Waals surface area contributed by atoms with Crippen LogP contribution in [0.4, 0.5) is 0 Å². The van der Waals surface area contributed by atoms with Gasteiger partial charge in [0.25, 0.3) is 0 Å². The molecule has 1 saturated heterocycles. The Bertz CT molecular complexity index is 1820. The first-order chi connectivity index (χ1) is 24.8. The van der Waals surface area contributed by atoms with Gasteiger partial charge in [-0.15, -0.1) is 0 Å². The van der Waals surface area contributed by atoms with Crippen molar-refractivity contribution in [1.29, 1.82) is 0 Å². The van der Waals surface area contributed by atoms with Crippen LogP contribution in [0.5, 0.6) is 0 Å². The van der Waals surface area contributed by atoms with Crippen LogP contribution in [0, 0.1) is 23.7 Å². The number of hydrogen-bond acceptors (Lipinski definition) is 14. The zero-order valence-electron chi connectivity index (χ0n) is 30.3. The van der Waals surface area contributed by atoms with Crippen molar-refractivity contribution in [3.05, 3.63) is 78.1 Å². The van der Waals surface area contributed by atoms with Crippen molar-refractivity contribution in [1.82, 2.24) is 0 Å². The molecule has 6 rings (SSSR count). The van der Waals surface area contributed by atoms with E-state index in [1.54, 1.807) is 32.0 Å². The van der Waals surface area contributed by atoms with E-state index in [0.717, 1.165) is 13.8 Å². The normalized spacial score (nSPS) is 35.5. The Labute approximate surface area is 306 Å². The number of esters is 4. The summed E-state index contributed by atoms with van der Waals surface area (Å²) in [6.45, 7) is 14.1. The molecule has 2 aromatic rings. The molecule has 11 atom stereocenters. The van der Waals surface area contributed by atoms with E-state index in [2.05, 4.69) is 0 Å². The van der Waals surface area contributed by atoms with E-state index < -0.39 is 107 Å². The van der Waals surface area contributed by atoms with Gasteiger partial charge < -0.3 is 43.4 Å². The first-order valence-corrected chi connectivity index (χ1v) is 17.4. The molecule has 1 aliphatic heterocycles. The second kappa shape index (κ2) is 13.5. The van der Waals surface area contributed by atoms with Gasteiger partial charge in [-0.25, -0.2) is 9.59 Å². The number of ether oxygens (including phenoxy) is 5. The average molecular weight is 737 g/mol. The topological polar surface area (TPSA) is 205 Å². The molecule has 3 fully saturated rings. The third-order valence-electron chi connectivity index (χ3n) is 11.9. The molecule has 2 heterocycles. The average Bonchev–Trinajstić information content (AvgIpc) is 3.64. The van der Waals surface area contributed by atoms with Crippen LogP contribution in [-0.4, -0.2) is 99.4 Å². The van der Waals surface area contributed by atoms with Gasteiger partial charge in [-0.2, -0.15) is 0 Å². The van der Waals surface area contributed by atoms with E-state index in [1.165, 1.54) is 44.4 Å². The van der Waals surface area contributed by atoms with Crippen molar-refractivity contribution in [2.24, 2.45) is 16.7 Å². The maximum Gasteiger partial charge on any atom is 0.338 e. The highest BCUT2D eigenvalue weighted by Crippen LogP contribution is 2.64. The number of aliphatic hydroxyl groups is 3. The first-order valence-electron chi connectivity index (χ1n) is 17.4. The fourth-order valence-electron chi connectivity index (χ4n) is 9.12. The molecule has 1 aromatic carbocycles. The first kappa shape index (κ1) is 38.4. The van der Waals surface area contributed by atoms with E-state index in [9.17, 15) is 34.5 Å². The molecule has 284 valence electrons. The molecule has 0 unspecified atom stereocenters. The number of carbonyl (C=O) groups is 5. The predicted octanol–water partition coefficient (Wildman–Crippen LogP) is 2.65. The SMILES string of the molecule is [CH][C@@H](c1ccco1)[C@@H](O)C(=O)O[C@H]1C[C@@]2(O)[C@@H](OC(=O)c3ccccc3)[C@@H]3[C@]4(OC(C)=O)CO[C@@H]4C[C@H](OC(C)=O)[C@@]3(C)C(=O)[C@H](O)C(=C1C)C2(C)C. The molecule has 1 aromatic heterocycles. The highest BCUT2D eigenvalue weighted by atomic mass is 16.6. The fraction of sp³-hybridized carbons (Fsp3) is 0.538. The second-order valence-electron chi connectivity index (χ2n) is 15.2. The lowest BCUT2D eigenvalue weighted by molar-refractivity contribution is -0.346. The molecule has 3 N–H and O–H groups in total. The van der Waals surface area contributed by atoms with Crippen molar-refractivity contribution in [3.8, 4) is 0 Å². The Kier molecular flexibility index (Phi) is 9.76. The fourth-order valence-corrected chi connectivity index (χ4v) is 9.12. The Balaban J connectivity index is 1.57. The van der Waals surface area contributed by atoms with Crippen LogP contribution in [0.2, 0.25) is 0 Å². The number of furan rings is 1. The molecule has 3 aliphatic carbocycles. The van der Waals surface area contributed by atoms with Gasteiger partial charge >= 0.3 is 23.9 Å². The lowest BCUT2D eigenvalue weighted by Gasteiger charge is -2.67. The van der Waals surface area contributed by atoms with Gasteiger partial charge in [-0.05, 0) is 56.2 Å². The van der Waals surface area contributed by atoms with Crippen molar-refractivity contribution in [2.75, 3.05) is 6.61 Å². The minimum atomic E-state index is -2.33. The van der Waals surface area contributed by atoms with Gasteiger partial charge in [0, 0.05) is 32.1 Å². The number of hydrogen-bond donors (Lipinski definition) is 3. The molecular weight excluding hydrogens is 692 g/mol. The summed E-state index contributed by atoms with van der Waals surface area (Å²) in [4.78, 5) is 68.1. The summed E-state index contributed by atoms with van der Waals surface area (Å²) in [5.74, 6) is -7.27. The Morgan fingerprint density at radius 3 is 2.23 bits per heavy atom. The molecule has 53 heavy (non-hydrogen) atoms. The van der Waals surface area contributed by atoms with Crippen LogP contribution in [0.25, 0.3) is 0 Å². The van der Waals surface area contributed by atoms with Gasteiger partial charge in [0.15, 0.2) is 17.5 Å². The molecule has 2 radical (unpaired) electrons. The molecule has 0 spiro atoms. The number of benzene rings is 1. The van der Waals surface area contributed by atoms with Crippen LogP contribution in [0.3, 0.4) is 0 Å². The van der Waals surface area contributed by atoms with Gasteiger partial charge in [0.2, 0.25) is 0 Å². The summed E-state index contributed by atoms with van der Waals surface area (Å²) in [6, 6.07) is 10.8. The van der Waals surface area contributed by atoms with Gasteiger partial charge in [-0.1, -0.05) is 32.0 Å². The van der Waals surface area contributed by atoms with Crippen LogP contribution in [0.1, 0.15) is 76.4 Å². The number of aliphatic hydroxyl groups excluding tert-OH is 2.